The Hall–Kier alpha value is -2.89. The van der Waals surface area contributed by atoms with E-state index in [-0.39, 0.29) is 24.1 Å². The van der Waals surface area contributed by atoms with Crippen molar-refractivity contribution < 1.29 is 18.7 Å². The first-order valence-electron chi connectivity index (χ1n) is 7.11. The number of halogens is 1. The van der Waals surface area contributed by atoms with Crippen LogP contribution in [0.1, 0.15) is 6.42 Å². The fourth-order valence-corrected chi connectivity index (χ4v) is 2.51. The van der Waals surface area contributed by atoms with Gasteiger partial charge < -0.3 is 10.1 Å². The highest BCUT2D eigenvalue weighted by Crippen LogP contribution is 2.27. The molecule has 1 fully saturated rings. The summed E-state index contributed by atoms with van der Waals surface area (Å²) in [6.45, 7) is 0. The molecule has 1 atom stereocenters. The Labute approximate surface area is 132 Å². The Kier molecular flexibility index (Phi) is 3.97. The molecule has 3 rings (SSSR count). The van der Waals surface area contributed by atoms with E-state index in [1.165, 1.54) is 31.4 Å². The van der Waals surface area contributed by atoms with Crippen LogP contribution in [0.5, 0.6) is 5.75 Å². The molecule has 1 aliphatic heterocycles. The number of amides is 2. The van der Waals surface area contributed by atoms with Crippen LogP contribution in [0.3, 0.4) is 0 Å². The third-order valence-corrected chi connectivity index (χ3v) is 3.64. The van der Waals surface area contributed by atoms with Gasteiger partial charge in [-0.2, -0.15) is 0 Å². The minimum Gasteiger partial charge on any atom is -0.497 e. The molecule has 0 radical (unpaired) electrons. The molecular formula is C17H15FN2O3. The summed E-state index contributed by atoms with van der Waals surface area (Å²) in [5.74, 6) is -0.420. The summed E-state index contributed by atoms with van der Waals surface area (Å²) in [7, 11) is 1.52. The van der Waals surface area contributed by atoms with Crippen LogP contribution in [-0.4, -0.2) is 25.0 Å². The summed E-state index contributed by atoms with van der Waals surface area (Å²) >= 11 is 0. The molecule has 0 aromatic heterocycles. The number of carbonyl (C=O) groups is 2. The average molecular weight is 314 g/mol. The van der Waals surface area contributed by atoms with Crippen molar-refractivity contribution in [3.8, 4) is 5.75 Å². The predicted molar refractivity (Wildman–Crippen MR) is 83.9 cm³/mol. The van der Waals surface area contributed by atoms with Gasteiger partial charge in [0, 0.05) is 11.8 Å². The van der Waals surface area contributed by atoms with Gasteiger partial charge in [-0.15, -0.1) is 0 Å². The van der Waals surface area contributed by atoms with E-state index in [2.05, 4.69) is 5.32 Å². The lowest BCUT2D eigenvalue weighted by molar-refractivity contribution is -0.121. The molecule has 1 N–H and O–H groups in total. The van der Waals surface area contributed by atoms with Crippen molar-refractivity contribution in [1.29, 1.82) is 0 Å². The summed E-state index contributed by atoms with van der Waals surface area (Å²) in [5, 5.41) is 2.97. The second-order valence-corrected chi connectivity index (χ2v) is 5.18. The molecule has 0 saturated carbocycles. The molecule has 0 bridgehead atoms. The van der Waals surface area contributed by atoms with Crippen LogP contribution in [0.4, 0.5) is 15.8 Å². The van der Waals surface area contributed by atoms with Gasteiger partial charge in [0.25, 0.3) is 5.91 Å². The number of methoxy groups -OCH3 is 1. The number of nitrogens with zero attached hydrogens (tertiary/aromatic N) is 1. The van der Waals surface area contributed by atoms with Crippen LogP contribution in [0.2, 0.25) is 0 Å². The van der Waals surface area contributed by atoms with Gasteiger partial charge in [-0.3, -0.25) is 9.59 Å². The maximum atomic E-state index is 12.9. The van der Waals surface area contributed by atoms with Crippen molar-refractivity contribution in [2.45, 2.75) is 12.5 Å². The minimum absolute atomic E-state index is 0.0490. The molecule has 23 heavy (non-hydrogen) atoms. The number of benzene rings is 2. The zero-order valence-corrected chi connectivity index (χ0v) is 12.5. The van der Waals surface area contributed by atoms with Crippen LogP contribution in [-0.2, 0) is 9.59 Å². The standard InChI is InChI=1S/C17H15FN2O3/c1-23-14-4-2-3-13(9-14)20-16(21)10-15(17(20)22)19-12-7-5-11(18)6-8-12/h2-9,15,19H,10H2,1H3/t15-/m1/s1. The van der Waals surface area contributed by atoms with Crippen LogP contribution in [0.25, 0.3) is 0 Å². The fourth-order valence-electron chi connectivity index (χ4n) is 2.51. The molecule has 5 nitrogen and oxygen atoms in total. The van der Waals surface area contributed by atoms with Gasteiger partial charge in [0.2, 0.25) is 5.91 Å². The van der Waals surface area contributed by atoms with Gasteiger partial charge >= 0.3 is 0 Å². The van der Waals surface area contributed by atoms with E-state index in [0.717, 1.165) is 4.90 Å². The van der Waals surface area contributed by atoms with E-state index in [9.17, 15) is 14.0 Å². The van der Waals surface area contributed by atoms with E-state index in [1.54, 1.807) is 24.3 Å². The van der Waals surface area contributed by atoms with E-state index >= 15 is 0 Å². The fraction of sp³-hybridized carbons (Fsp3) is 0.176. The maximum absolute atomic E-state index is 12.9. The van der Waals surface area contributed by atoms with Crippen molar-refractivity contribution in [1.82, 2.24) is 0 Å². The van der Waals surface area contributed by atoms with Crippen LogP contribution >= 0.6 is 0 Å². The second-order valence-electron chi connectivity index (χ2n) is 5.18. The maximum Gasteiger partial charge on any atom is 0.256 e. The van der Waals surface area contributed by atoms with Crippen LogP contribution < -0.4 is 15.0 Å². The lowest BCUT2D eigenvalue weighted by Gasteiger charge is -2.16. The Balaban J connectivity index is 1.80. The molecule has 0 spiro atoms. The molecule has 1 heterocycles. The van der Waals surface area contributed by atoms with Gasteiger partial charge in [0.1, 0.15) is 17.6 Å². The lowest BCUT2D eigenvalue weighted by Crippen LogP contribution is -2.34. The Bertz CT molecular complexity index is 746. The predicted octanol–water partition coefficient (Wildman–Crippen LogP) is 2.58. The topological polar surface area (TPSA) is 58.6 Å². The van der Waals surface area contributed by atoms with Crippen LogP contribution in [0, 0.1) is 5.82 Å². The van der Waals surface area contributed by atoms with Gasteiger partial charge in [-0.05, 0) is 36.4 Å². The highest BCUT2D eigenvalue weighted by molar-refractivity contribution is 6.23. The lowest BCUT2D eigenvalue weighted by atomic mass is 10.2. The monoisotopic (exact) mass is 314 g/mol. The summed E-state index contributed by atoms with van der Waals surface area (Å²) in [4.78, 5) is 25.9. The van der Waals surface area contributed by atoms with Gasteiger partial charge in [0.05, 0.1) is 19.2 Å². The van der Waals surface area contributed by atoms with E-state index in [4.69, 9.17) is 4.74 Å². The van der Waals surface area contributed by atoms with Crippen molar-refractivity contribution in [3.63, 3.8) is 0 Å². The number of carbonyl (C=O) groups excluding carboxylic acids is 2. The van der Waals surface area contributed by atoms with E-state index in [1.807, 2.05) is 0 Å². The van der Waals surface area contributed by atoms with Crippen molar-refractivity contribution in [2.75, 3.05) is 17.3 Å². The van der Waals surface area contributed by atoms with Crippen molar-refractivity contribution >= 4 is 23.2 Å². The minimum atomic E-state index is -0.667. The highest BCUT2D eigenvalue weighted by atomic mass is 19.1. The van der Waals surface area contributed by atoms with Gasteiger partial charge in [0.15, 0.2) is 0 Å². The number of anilines is 2. The summed E-state index contributed by atoms with van der Waals surface area (Å²) in [6.07, 6.45) is 0.0490. The average Bonchev–Trinajstić information content (AvgIpc) is 2.83. The Morgan fingerprint density at radius 1 is 1.17 bits per heavy atom. The van der Waals surface area contributed by atoms with E-state index in [0.29, 0.717) is 17.1 Å². The highest BCUT2D eigenvalue weighted by Gasteiger charge is 2.39. The Morgan fingerprint density at radius 3 is 2.61 bits per heavy atom. The molecule has 1 saturated heterocycles. The number of nitrogens with one attached hydrogen (secondary N) is 1. The first kappa shape index (κ1) is 15.0. The Morgan fingerprint density at radius 2 is 1.91 bits per heavy atom. The third-order valence-electron chi connectivity index (χ3n) is 3.64. The molecule has 1 aliphatic rings. The van der Waals surface area contributed by atoms with Crippen molar-refractivity contribution in [2.24, 2.45) is 0 Å². The normalized spacial score (nSPS) is 17.5. The van der Waals surface area contributed by atoms with Gasteiger partial charge in [-0.1, -0.05) is 6.07 Å². The van der Waals surface area contributed by atoms with Gasteiger partial charge in [-0.25, -0.2) is 9.29 Å². The molecule has 0 unspecified atom stereocenters. The van der Waals surface area contributed by atoms with E-state index < -0.39 is 6.04 Å². The molecule has 2 aromatic rings. The number of rotatable bonds is 4. The van der Waals surface area contributed by atoms with Crippen molar-refractivity contribution in [3.05, 3.63) is 54.3 Å². The summed E-state index contributed by atoms with van der Waals surface area (Å²) < 4.78 is 18.0. The van der Waals surface area contributed by atoms with Crippen LogP contribution in [0.15, 0.2) is 48.5 Å². The second kappa shape index (κ2) is 6.08. The molecule has 0 aliphatic carbocycles. The smallest absolute Gasteiger partial charge is 0.256 e. The quantitative estimate of drug-likeness (QED) is 0.881. The summed E-state index contributed by atoms with van der Waals surface area (Å²) in [5.41, 5.74) is 1.06. The largest absolute Gasteiger partial charge is 0.497 e. The molecule has 2 aromatic carbocycles. The third kappa shape index (κ3) is 3.01. The number of ether oxygens (including phenoxy) is 1. The first-order chi connectivity index (χ1) is 11.1. The molecule has 6 heteroatoms. The summed E-state index contributed by atoms with van der Waals surface area (Å²) in [6, 6.07) is 11.8. The number of hydrogen-bond acceptors (Lipinski definition) is 4. The number of imide groups is 1. The number of hydrogen-bond donors (Lipinski definition) is 1. The SMILES string of the molecule is COc1cccc(N2C(=O)C[C@@H](Nc3ccc(F)cc3)C2=O)c1. The zero-order valence-electron chi connectivity index (χ0n) is 12.5. The molecular weight excluding hydrogens is 299 g/mol. The molecule has 2 amide bonds. The molecule has 118 valence electrons. The zero-order chi connectivity index (χ0) is 16.4. The first-order valence-corrected chi connectivity index (χ1v) is 7.11.